The van der Waals surface area contributed by atoms with Gasteiger partial charge in [-0.3, -0.25) is 0 Å². The molecule has 0 aliphatic heterocycles. The lowest BCUT2D eigenvalue weighted by Crippen LogP contribution is -2.23. The number of methoxy groups -OCH3 is 1. The van der Waals surface area contributed by atoms with Crippen LogP contribution in [0.4, 0.5) is 0 Å². The molecule has 0 N–H and O–H groups in total. The predicted octanol–water partition coefficient (Wildman–Crippen LogP) is 4.38. The molecule has 0 amide bonds. The number of esters is 1. The van der Waals surface area contributed by atoms with Crippen LogP contribution in [0.25, 0.3) is 0 Å². The minimum absolute atomic E-state index is 0.157. The summed E-state index contributed by atoms with van der Waals surface area (Å²) in [4.78, 5) is 12.1. The Bertz CT molecular complexity index is 426. The van der Waals surface area contributed by atoms with Gasteiger partial charge < -0.3 is 9.47 Å². The summed E-state index contributed by atoms with van der Waals surface area (Å²) in [7, 11) is 1.64. The Kier molecular flexibility index (Phi) is 8.06. The average molecular weight is 292 g/mol. The Morgan fingerprint density at radius 3 is 2.52 bits per heavy atom. The van der Waals surface area contributed by atoms with Crippen molar-refractivity contribution in [1.29, 1.82) is 0 Å². The first-order valence-electron chi connectivity index (χ1n) is 7.79. The molecule has 0 heterocycles. The van der Waals surface area contributed by atoms with E-state index >= 15 is 0 Å². The third-order valence-electron chi connectivity index (χ3n) is 3.44. The van der Waals surface area contributed by atoms with E-state index in [9.17, 15) is 4.79 Å². The highest BCUT2D eigenvalue weighted by atomic mass is 16.6. The molecular formula is C18H28O3. The fourth-order valence-corrected chi connectivity index (χ4v) is 2.28. The zero-order valence-corrected chi connectivity index (χ0v) is 13.7. The minimum Gasteiger partial charge on any atom is -0.456 e. The molecule has 1 atom stereocenters. The van der Waals surface area contributed by atoms with Crippen LogP contribution in [0.3, 0.4) is 0 Å². The first-order valence-corrected chi connectivity index (χ1v) is 7.79. The average Bonchev–Trinajstić information content (AvgIpc) is 2.43. The molecule has 0 aliphatic rings. The number of carbonyl (C=O) groups excluding carboxylic acids is 1. The Labute approximate surface area is 128 Å². The summed E-state index contributed by atoms with van der Waals surface area (Å²) in [5.74, 6) is 0.463. The first kappa shape index (κ1) is 17.7. The Morgan fingerprint density at radius 2 is 1.90 bits per heavy atom. The van der Waals surface area contributed by atoms with Crippen LogP contribution >= 0.6 is 0 Å². The highest BCUT2D eigenvalue weighted by molar-refractivity contribution is 5.89. The third kappa shape index (κ3) is 7.28. The van der Waals surface area contributed by atoms with Gasteiger partial charge in [0.15, 0.2) is 0 Å². The second-order valence-electron chi connectivity index (χ2n) is 6.03. The van der Waals surface area contributed by atoms with E-state index in [4.69, 9.17) is 9.47 Å². The maximum atomic E-state index is 12.1. The summed E-state index contributed by atoms with van der Waals surface area (Å²) >= 11 is 0. The summed E-state index contributed by atoms with van der Waals surface area (Å²) in [6.45, 7) is 6.88. The number of rotatable bonds is 9. The van der Waals surface area contributed by atoms with E-state index in [0.29, 0.717) is 12.2 Å². The van der Waals surface area contributed by atoms with E-state index in [-0.39, 0.29) is 12.1 Å². The zero-order chi connectivity index (χ0) is 15.7. The van der Waals surface area contributed by atoms with Gasteiger partial charge in [-0.15, -0.1) is 0 Å². The molecular weight excluding hydrogens is 264 g/mol. The van der Waals surface area contributed by atoms with E-state index in [0.717, 1.165) is 24.3 Å². The minimum atomic E-state index is -0.260. The first-order chi connectivity index (χ1) is 10.0. The van der Waals surface area contributed by atoms with Gasteiger partial charge in [0.1, 0.15) is 6.10 Å². The number of ether oxygens (including phenoxy) is 2. The van der Waals surface area contributed by atoms with Crippen LogP contribution in [-0.2, 0) is 9.47 Å². The smallest absolute Gasteiger partial charge is 0.338 e. The predicted molar refractivity (Wildman–Crippen MR) is 85.6 cm³/mol. The molecule has 0 bridgehead atoms. The molecule has 0 saturated carbocycles. The van der Waals surface area contributed by atoms with Crippen molar-refractivity contribution in [2.45, 2.75) is 52.6 Å². The van der Waals surface area contributed by atoms with Crippen molar-refractivity contribution >= 4 is 5.97 Å². The van der Waals surface area contributed by atoms with Gasteiger partial charge in [-0.2, -0.15) is 0 Å². The number of aryl methyl sites for hydroxylation is 1. The summed E-state index contributed by atoms with van der Waals surface area (Å²) < 4.78 is 10.7. The van der Waals surface area contributed by atoms with Gasteiger partial charge in [-0.05, 0) is 37.8 Å². The largest absolute Gasteiger partial charge is 0.456 e. The maximum absolute atomic E-state index is 12.1. The van der Waals surface area contributed by atoms with E-state index in [1.807, 2.05) is 25.1 Å². The van der Waals surface area contributed by atoms with Crippen LogP contribution in [0.15, 0.2) is 24.3 Å². The molecule has 1 unspecified atom stereocenters. The lowest BCUT2D eigenvalue weighted by molar-refractivity contribution is 0.00231. The summed E-state index contributed by atoms with van der Waals surface area (Å²) in [6, 6.07) is 7.48. The van der Waals surface area contributed by atoms with Gasteiger partial charge in [0.05, 0.1) is 12.2 Å². The summed E-state index contributed by atoms with van der Waals surface area (Å²) in [5, 5.41) is 0. The van der Waals surface area contributed by atoms with E-state index in [2.05, 4.69) is 13.8 Å². The van der Waals surface area contributed by atoms with Gasteiger partial charge in [-0.1, -0.05) is 44.4 Å². The Balaban J connectivity index is 2.47. The van der Waals surface area contributed by atoms with Crippen LogP contribution in [0.2, 0.25) is 0 Å². The second kappa shape index (κ2) is 9.56. The molecule has 21 heavy (non-hydrogen) atoms. The quantitative estimate of drug-likeness (QED) is 0.500. The number of unbranched alkanes of at least 4 members (excludes halogenated alkanes) is 1. The highest BCUT2D eigenvalue weighted by Crippen LogP contribution is 2.14. The Morgan fingerprint density at radius 1 is 1.19 bits per heavy atom. The molecule has 1 aromatic rings. The SMILES string of the molecule is COCC(CCCCC(C)C)OC(=O)c1cccc(C)c1. The monoisotopic (exact) mass is 292 g/mol. The standard InChI is InChI=1S/C18H28O3/c1-14(2)8-5-6-11-17(13-20-4)21-18(19)16-10-7-9-15(3)12-16/h7,9-10,12,14,17H,5-6,8,11,13H2,1-4H3. The molecule has 0 saturated heterocycles. The van der Waals surface area contributed by atoms with Gasteiger partial charge in [0.2, 0.25) is 0 Å². The fourth-order valence-electron chi connectivity index (χ4n) is 2.28. The van der Waals surface area contributed by atoms with Gasteiger partial charge in [-0.25, -0.2) is 4.79 Å². The molecule has 0 spiro atoms. The van der Waals surface area contributed by atoms with Crippen molar-refractivity contribution in [2.24, 2.45) is 5.92 Å². The van der Waals surface area contributed by atoms with Crippen molar-refractivity contribution in [3.63, 3.8) is 0 Å². The van der Waals surface area contributed by atoms with Crippen LogP contribution in [0.5, 0.6) is 0 Å². The Hall–Kier alpha value is -1.35. The second-order valence-corrected chi connectivity index (χ2v) is 6.03. The van der Waals surface area contributed by atoms with Gasteiger partial charge in [0, 0.05) is 7.11 Å². The maximum Gasteiger partial charge on any atom is 0.338 e. The molecule has 1 aromatic carbocycles. The molecule has 1 rings (SSSR count). The summed E-state index contributed by atoms with van der Waals surface area (Å²) in [6.07, 6.45) is 4.15. The molecule has 0 fully saturated rings. The highest BCUT2D eigenvalue weighted by Gasteiger charge is 2.16. The van der Waals surface area contributed by atoms with Crippen molar-refractivity contribution in [1.82, 2.24) is 0 Å². The topological polar surface area (TPSA) is 35.5 Å². The van der Waals surface area contributed by atoms with Gasteiger partial charge >= 0.3 is 5.97 Å². The third-order valence-corrected chi connectivity index (χ3v) is 3.44. The lowest BCUT2D eigenvalue weighted by atomic mass is 10.0. The zero-order valence-electron chi connectivity index (χ0n) is 13.7. The van der Waals surface area contributed by atoms with E-state index in [1.165, 1.54) is 12.8 Å². The van der Waals surface area contributed by atoms with Crippen molar-refractivity contribution < 1.29 is 14.3 Å². The van der Waals surface area contributed by atoms with Crippen LogP contribution in [-0.4, -0.2) is 25.8 Å². The molecule has 3 nitrogen and oxygen atoms in total. The fraction of sp³-hybridized carbons (Fsp3) is 0.611. The number of hydrogen-bond acceptors (Lipinski definition) is 3. The van der Waals surface area contributed by atoms with Crippen LogP contribution in [0, 0.1) is 12.8 Å². The number of benzene rings is 1. The molecule has 0 radical (unpaired) electrons. The molecule has 0 aliphatic carbocycles. The van der Waals surface area contributed by atoms with Crippen molar-refractivity contribution in [2.75, 3.05) is 13.7 Å². The molecule has 3 heteroatoms. The van der Waals surface area contributed by atoms with Crippen molar-refractivity contribution in [3.8, 4) is 0 Å². The van der Waals surface area contributed by atoms with E-state index < -0.39 is 0 Å². The van der Waals surface area contributed by atoms with Crippen molar-refractivity contribution in [3.05, 3.63) is 35.4 Å². The van der Waals surface area contributed by atoms with Crippen LogP contribution in [0.1, 0.15) is 55.5 Å². The summed E-state index contributed by atoms with van der Waals surface area (Å²) in [5.41, 5.74) is 1.67. The normalized spacial score (nSPS) is 12.4. The molecule has 118 valence electrons. The number of carbonyl (C=O) groups is 1. The van der Waals surface area contributed by atoms with E-state index in [1.54, 1.807) is 13.2 Å². The van der Waals surface area contributed by atoms with Crippen LogP contribution < -0.4 is 0 Å². The van der Waals surface area contributed by atoms with Gasteiger partial charge in [0.25, 0.3) is 0 Å². The lowest BCUT2D eigenvalue weighted by Gasteiger charge is -2.17. The number of hydrogen-bond donors (Lipinski definition) is 0. The molecule has 0 aromatic heterocycles.